The lowest BCUT2D eigenvalue weighted by Crippen LogP contribution is -2.59. The van der Waals surface area contributed by atoms with Gasteiger partial charge in [0.1, 0.15) is 84.8 Å². The molecule has 18 N–H and O–H groups in total. The molecule has 0 bridgehead atoms. The van der Waals surface area contributed by atoms with Crippen LogP contribution in [0.2, 0.25) is 0 Å². The van der Waals surface area contributed by atoms with Crippen LogP contribution in [0.25, 0.3) is 0 Å². The number of carbonyl (C=O) groups excluding carboxylic acids is 8. The highest BCUT2D eigenvalue weighted by atomic mass is 16.7. The molecule has 0 aliphatic carbocycles. The van der Waals surface area contributed by atoms with Gasteiger partial charge in [0.05, 0.1) is 57.6 Å². The number of hydrogen-bond donors (Lipinski definition) is 17. The Bertz CT molecular complexity index is 2020. The van der Waals surface area contributed by atoms with Crippen molar-refractivity contribution in [3.05, 3.63) is 0 Å². The quantitative estimate of drug-likeness (QED) is 0.0253. The highest BCUT2D eigenvalue weighted by Gasteiger charge is 2.46. The minimum Gasteiger partial charge on any atom is -0.394 e. The predicted molar refractivity (Wildman–Crippen MR) is 281 cm³/mol. The van der Waals surface area contributed by atoms with Gasteiger partial charge in [0.25, 0.3) is 0 Å². The fourth-order valence-electron chi connectivity index (χ4n) is 9.23. The highest BCUT2D eigenvalue weighted by molar-refractivity contribution is 5.96. The van der Waals surface area contributed by atoms with Gasteiger partial charge in [-0.3, -0.25) is 38.4 Å². The van der Waals surface area contributed by atoms with Crippen molar-refractivity contribution >= 4 is 46.8 Å². The van der Waals surface area contributed by atoms with E-state index in [9.17, 15) is 99.6 Å². The summed E-state index contributed by atoms with van der Waals surface area (Å²) in [6.45, 7) is -0.532. The van der Waals surface area contributed by atoms with Crippen LogP contribution >= 0.6 is 0 Å². The normalized spacial score (nSPS) is 29.6. The molecule has 0 aromatic rings. The predicted octanol–water partition coefficient (Wildman–Crippen LogP) is -7.39. The maximum Gasteiger partial charge on any atom is 0.224 e. The van der Waals surface area contributed by atoms with Gasteiger partial charge in [0, 0.05) is 64.0 Å². The second-order valence-electron chi connectivity index (χ2n) is 21.0. The van der Waals surface area contributed by atoms with Gasteiger partial charge in [-0.1, -0.05) is 6.92 Å². The molecule has 0 unspecified atom stereocenters. The summed E-state index contributed by atoms with van der Waals surface area (Å²) in [6, 6.07) is -2.18. The maximum absolute atomic E-state index is 14.3. The molecule has 3 aliphatic rings. The summed E-state index contributed by atoms with van der Waals surface area (Å²) in [7, 11) is 0. The lowest BCUT2D eigenvalue weighted by Gasteiger charge is -2.39. The van der Waals surface area contributed by atoms with Crippen molar-refractivity contribution in [1.29, 1.82) is 0 Å². The van der Waals surface area contributed by atoms with Crippen molar-refractivity contribution in [3.63, 3.8) is 0 Å². The number of aliphatic hydroxyl groups is 12. The van der Waals surface area contributed by atoms with E-state index in [1.807, 2.05) is 0 Å². The van der Waals surface area contributed by atoms with Crippen LogP contribution < -0.4 is 27.0 Å². The van der Waals surface area contributed by atoms with Gasteiger partial charge < -0.3 is 117 Å². The molecule has 0 aromatic carbocycles. The lowest BCUT2D eigenvalue weighted by atomic mass is 9.90. The molecule has 3 rings (SSSR count). The molecule has 3 fully saturated rings. The molecule has 4 amide bonds. The minimum absolute atomic E-state index is 0.0155. The monoisotopic (exact) mass is 1200 g/mol. The first kappa shape index (κ1) is 73.1. The Morgan fingerprint density at radius 3 is 1.45 bits per heavy atom. The number of Topliss-reactive ketones (excluding diaryl/α,β-unsaturated/α-hetero) is 4. The van der Waals surface area contributed by atoms with Gasteiger partial charge in [-0.05, 0) is 58.4 Å². The maximum atomic E-state index is 14.3. The summed E-state index contributed by atoms with van der Waals surface area (Å²) < 4.78 is 32.2. The van der Waals surface area contributed by atoms with Gasteiger partial charge in [0.15, 0.2) is 30.4 Å². The smallest absolute Gasteiger partial charge is 0.224 e. The van der Waals surface area contributed by atoms with Crippen molar-refractivity contribution in [2.24, 2.45) is 17.6 Å². The van der Waals surface area contributed by atoms with Crippen molar-refractivity contribution in [3.8, 4) is 0 Å². The summed E-state index contributed by atoms with van der Waals surface area (Å²) >= 11 is 0. The summed E-state index contributed by atoms with van der Waals surface area (Å²) in [6.07, 6.45) is -24.3. The van der Waals surface area contributed by atoms with Gasteiger partial charge in [0.2, 0.25) is 23.6 Å². The zero-order valence-corrected chi connectivity index (χ0v) is 46.9. The van der Waals surface area contributed by atoms with E-state index in [4.69, 9.17) is 34.2 Å². The molecule has 31 heteroatoms. The van der Waals surface area contributed by atoms with Gasteiger partial charge in [-0.15, -0.1) is 0 Å². The van der Waals surface area contributed by atoms with Crippen LogP contribution in [-0.2, 0) is 66.8 Å². The van der Waals surface area contributed by atoms with E-state index in [0.717, 1.165) is 0 Å². The third kappa shape index (κ3) is 24.2. The molecule has 0 saturated carbocycles. The van der Waals surface area contributed by atoms with Gasteiger partial charge >= 0.3 is 0 Å². The number of ketones is 4. The molecule has 0 spiro atoms. The Morgan fingerprint density at radius 1 is 0.482 bits per heavy atom. The molecule has 19 atom stereocenters. The molecule has 3 saturated heterocycles. The molecule has 0 aromatic heterocycles. The Balaban J connectivity index is 1.74. The standard InChI is InChI=1S/C52H89N5O26/c1-26(20-29(62)8-3-4-11-38(66)56-31(27(2)61)10-5-6-14-53)48(76)57-32(12-13-37(65)54-15-18-79-51-46(74)43(71)40(68)35(24-59)82-51)33(64)22-28(49(77)55-16-19-80-52-47(75)44(72)41(69)36(25-60)83-52)21-30(63)9-7-17-78-50-45(73)42(70)39(67)34(23-58)81-50/h26,28,31-32,34-36,39-47,50-52,58-60,67-75H,3-25,53H2,1-2H3,(H,54,65)(H,55,77)(H,56,66)(H,57,76)/t26-,28-,31+,32+,34-,35-,36-,39-,40-,41-,42+,43+,44+,45+,46+,47+,50+,51+,52+/m1/s1. The van der Waals surface area contributed by atoms with E-state index in [-0.39, 0.29) is 82.3 Å². The number of amides is 4. The van der Waals surface area contributed by atoms with Crippen molar-refractivity contribution in [2.75, 3.05) is 59.3 Å². The fraction of sp³-hybridized carbons (Fsp3) is 0.846. The molecular formula is C52H89N5O26. The highest BCUT2D eigenvalue weighted by Crippen LogP contribution is 2.25. The molecule has 83 heavy (non-hydrogen) atoms. The molecule has 31 nitrogen and oxygen atoms in total. The van der Waals surface area contributed by atoms with E-state index >= 15 is 0 Å². The van der Waals surface area contributed by atoms with E-state index in [2.05, 4.69) is 21.3 Å². The number of nitrogens with one attached hydrogen (secondary N) is 4. The number of nitrogens with two attached hydrogens (primary N) is 1. The van der Waals surface area contributed by atoms with Crippen molar-refractivity contribution in [2.45, 2.75) is 208 Å². The van der Waals surface area contributed by atoms with E-state index in [1.165, 1.54) is 13.8 Å². The van der Waals surface area contributed by atoms with E-state index in [1.54, 1.807) is 0 Å². The topological polar surface area (TPSA) is 509 Å². The number of aliphatic hydroxyl groups excluding tert-OH is 12. The first-order valence-corrected chi connectivity index (χ1v) is 28.1. The SMILES string of the molecule is CC(=O)[C@H](CCCCN)NC(=O)CCCCC(=O)C[C@@H](C)C(=O)N[C@@H](CCC(=O)NCCO[C@H]1O[C@H](CO)[C@@H](O)[C@H](O)[C@@H]1O)C(=O)C[C@@H](CC(=O)CCCO[C@H]1O[C@H](CO)[C@@H](O)[C@H](O)[C@@H]1O)C(=O)NCCO[C@H]1O[C@H](CO)[C@@H](O)[C@H](O)[C@@H]1O. The third-order valence-corrected chi connectivity index (χ3v) is 14.3. The summed E-state index contributed by atoms with van der Waals surface area (Å²) in [5.41, 5.74) is 5.53. The largest absolute Gasteiger partial charge is 0.394 e. The van der Waals surface area contributed by atoms with Crippen molar-refractivity contribution < 1.29 is 128 Å². The number of ether oxygens (including phenoxy) is 6. The second-order valence-corrected chi connectivity index (χ2v) is 21.0. The first-order chi connectivity index (χ1) is 39.4. The first-order valence-electron chi connectivity index (χ1n) is 28.1. The number of rotatable bonds is 40. The van der Waals surface area contributed by atoms with E-state index < -0.39 is 197 Å². The van der Waals surface area contributed by atoms with Crippen LogP contribution in [-0.4, -0.2) is 272 Å². The molecule has 3 heterocycles. The molecule has 3 aliphatic heterocycles. The van der Waals surface area contributed by atoms with Crippen LogP contribution in [0.15, 0.2) is 0 Å². The zero-order chi connectivity index (χ0) is 61.9. The lowest BCUT2D eigenvalue weighted by molar-refractivity contribution is -0.301. The number of unbranched alkanes of at least 4 members (excludes halogenated alkanes) is 2. The third-order valence-electron chi connectivity index (χ3n) is 14.3. The van der Waals surface area contributed by atoms with Crippen LogP contribution in [0.3, 0.4) is 0 Å². The fourth-order valence-corrected chi connectivity index (χ4v) is 9.23. The molecular weight excluding hydrogens is 1110 g/mol. The minimum atomic E-state index is -1.77. The van der Waals surface area contributed by atoms with Crippen LogP contribution in [0.4, 0.5) is 0 Å². The Kier molecular flexibility index (Phi) is 33.5. The number of hydrogen-bond acceptors (Lipinski definition) is 27. The molecule has 478 valence electrons. The average Bonchev–Trinajstić information content (AvgIpc) is 3.63. The van der Waals surface area contributed by atoms with Crippen LogP contribution in [0.1, 0.15) is 104 Å². The van der Waals surface area contributed by atoms with Crippen LogP contribution in [0.5, 0.6) is 0 Å². The second kappa shape index (κ2) is 38.1. The Hall–Kier alpha value is -4.20. The van der Waals surface area contributed by atoms with E-state index in [0.29, 0.717) is 32.2 Å². The van der Waals surface area contributed by atoms with Crippen LogP contribution in [0, 0.1) is 11.8 Å². The van der Waals surface area contributed by atoms with Crippen molar-refractivity contribution in [1.82, 2.24) is 21.3 Å². The summed E-state index contributed by atoms with van der Waals surface area (Å²) in [5, 5.41) is 130. The number of carbonyl (C=O) groups is 8. The Morgan fingerprint density at radius 2 is 0.952 bits per heavy atom. The van der Waals surface area contributed by atoms with Gasteiger partial charge in [-0.2, -0.15) is 0 Å². The Labute approximate surface area is 479 Å². The summed E-state index contributed by atoms with van der Waals surface area (Å²) in [5.74, 6) is -7.23. The molecule has 0 radical (unpaired) electrons. The average molecular weight is 1200 g/mol. The van der Waals surface area contributed by atoms with Gasteiger partial charge in [-0.25, -0.2) is 0 Å². The zero-order valence-electron chi connectivity index (χ0n) is 46.9. The summed E-state index contributed by atoms with van der Waals surface area (Å²) in [4.78, 5) is 106.